The standard InChI is InChI=1S/C7H11NO/c1-5-4-6(2)8(3)7(5)9/h9H,2,4H2,1,3H3. The summed E-state index contributed by atoms with van der Waals surface area (Å²) in [6.45, 7) is 5.67. The lowest BCUT2D eigenvalue weighted by Crippen LogP contribution is -2.09. The summed E-state index contributed by atoms with van der Waals surface area (Å²) in [7, 11) is 1.81. The third-order valence-electron chi connectivity index (χ3n) is 1.64. The molecule has 1 heterocycles. The lowest BCUT2D eigenvalue weighted by Gasteiger charge is -2.11. The minimum Gasteiger partial charge on any atom is -0.494 e. The lowest BCUT2D eigenvalue weighted by atomic mass is 10.2. The van der Waals surface area contributed by atoms with E-state index < -0.39 is 0 Å². The normalized spacial score (nSPS) is 19.8. The van der Waals surface area contributed by atoms with E-state index in [-0.39, 0.29) is 0 Å². The van der Waals surface area contributed by atoms with Gasteiger partial charge in [-0.3, -0.25) is 0 Å². The van der Waals surface area contributed by atoms with Crippen molar-refractivity contribution in [1.29, 1.82) is 0 Å². The fourth-order valence-corrected chi connectivity index (χ4v) is 0.940. The number of nitrogens with zero attached hydrogens (tertiary/aromatic N) is 1. The first-order valence-corrected chi connectivity index (χ1v) is 2.93. The molecule has 1 aliphatic rings. The molecule has 9 heavy (non-hydrogen) atoms. The maximum atomic E-state index is 9.18. The van der Waals surface area contributed by atoms with Gasteiger partial charge < -0.3 is 10.0 Å². The molecule has 0 aromatic heterocycles. The second-order valence-corrected chi connectivity index (χ2v) is 2.41. The fourth-order valence-electron chi connectivity index (χ4n) is 0.940. The predicted molar refractivity (Wildman–Crippen MR) is 36.8 cm³/mol. The van der Waals surface area contributed by atoms with E-state index in [2.05, 4.69) is 6.58 Å². The molecule has 1 N–H and O–H groups in total. The van der Waals surface area contributed by atoms with E-state index >= 15 is 0 Å². The number of aliphatic hydroxyl groups excluding tert-OH is 1. The summed E-state index contributed by atoms with van der Waals surface area (Å²) in [6.07, 6.45) is 0.808. The molecule has 1 rings (SSSR count). The second-order valence-electron chi connectivity index (χ2n) is 2.41. The van der Waals surface area contributed by atoms with Gasteiger partial charge in [-0.2, -0.15) is 0 Å². The Kier molecular flexibility index (Phi) is 1.24. The minimum absolute atomic E-state index is 0.361. The Morgan fingerprint density at radius 2 is 2.22 bits per heavy atom. The summed E-state index contributed by atoms with van der Waals surface area (Å²) in [5.74, 6) is 0.361. The van der Waals surface area contributed by atoms with E-state index in [1.54, 1.807) is 4.90 Å². The van der Waals surface area contributed by atoms with Gasteiger partial charge in [-0.05, 0) is 12.5 Å². The molecular formula is C7H11NO. The van der Waals surface area contributed by atoms with Crippen LogP contribution in [0.25, 0.3) is 0 Å². The average Bonchev–Trinajstić information content (AvgIpc) is 1.98. The molecule has 0 amide bonds. The summed E-state index contributed by atoms with van der Waals surface area (Å²) >= 11 is 0. The number of aliphatic hydroxyl groups is 1. The van der Waals surface area contributed by atoms with Crippen LogP contribution in [0, 0.1) is 0 Å². The summed E-state index contributed by atoms with van der Waals surface area (Å²) in [4.78, 5) is 1.70. The van der Waals surface area contributed by atoms with Crippen LogP contribution in [-0.2, 0) is 0 Å². The minimum atomic E-state index is 0.361. The summed E-state index contributed by atoms with van der Waals surface area (Å²) in [5.41, 5.74) is 1.97. The Bertz CT molecular complexity index is 181. The zero-order chi connectivity index (χ0) is 7.02. The first-order valence-electron chi connectivity index (χ1n) is 2.93. The van der Waals surface area contributed by atoms with E-state index in [1.165, 1.54) is 0 Å². The van der Waals surface area contributed by atoms with Crippen LogP contribution < -0.4 is 0 Å². The Labute approximate surface area is 55.1 Å². The number of hydrogen-bond acceptors (Lipinski definition) is 2. The van der Waals surface area contributed by atoms with Crippen molar-refractivity contribution in [1.82, 2.24) is 4.90 Å². The zero-order valence-corrected chi connectivity index (χ0v) is 5.81. The Morgan fingerprint density at radius 3 is 2.33 bits per heavy atom. The van der Waals surface area contributed by atoms with Gasteiger partial charge in [-0.25, -0.2) is 0 Å². The van der Waals surface area contributed by atoms with Gasteiger partial charge in [-0.1, -0.05) is 6.58 Å². The highest BCUT2D eigenvalue weighted by molar-refractivity contribution is 5.23. The van der Waals surface area contributed by atoms with Crippen molar-refractivity contribution >= 4 is 0 Å². The van der Waals surface area contributed by atoms with E-state index in [1.807, 2.05) is 14.0 Å². The van der Waals surface area contributed by atoms with Gasteiger partial charge in [0.25, 0.3) is 0 Å². The summed E-state index contributed by atoms with van der Waals surface area (Å²) in [5, 5.41) is 9.18. The molecule has 2 heteroatoms. The van der Waals surface area contributed by atoms with Gasteiger partial charge in [0.1, 0.15) is 0 Å². The summed E-state index contributed by atoms with van der Waals surface area (Å²) < 4.78 is 0. The zero-order valence-electron chi connectivity index (χ0n) is 5.81. The number of rotatable bonds is 0. The Morgan fingerprint density at radius 1 is 1.67 bits per heavy atom. The molecule has 0 aromatic carbocycles. The molecule has 0 aliphatic carbocycles. The SMILES string of the molecule is C=C1CC(C)=C(O)N1C. The van der Waals surface area contributed by atoms with Crippen LogP contribution in [0.3, 0.4) is 0 Å². The van der Waals surface area contributed by atoms with Crippen LogP contribution in [0.2, 0.25) is 0 Å². The highest BCUT2D eigenvalue weighted by atomic mass is 16.3. The highest BCUT2D eigenvalue weighted by Crippen LogP contribution is 2.25. The molecule has 0 aromatic rings. The van der Waals surface area contributed by atoms with Crippen LogP contribution >= 0.6 is 0 Å². The van der Waals surface area contributed by atoms with Gasteiger partial charge in [0.2, 0.25) is 0 Å². The summed E-state index contributed by atoms with van der Waals surface area (Å²) in [6, 6.07) is 0. The molecular weight excluding hydrogens is 114 g/mol. The van der Waals surface area contributed by atoms with Crippen LogP contribution in [0.5, 0.6) is 0 Å². The van der Waals surface area contributed by atoms with Crippen LogP contribution in [0.15, 0.2) is 23.7 Å². The molecule has 1 aliphatic heterocycles. The molecule has 0 unspecified atom stereocenters. The van der Waals surface area contributed by atoms with Crippen molar-refractivity contribution in [2.24, 2.45) is 0 Å². The first-order chi connectivity index (χ1) is 4.13. The van der Waals surface area contributed by atoms with Crippen molar-refractivity contribution in [2.45, 2.75) is 13.3 Å². The largest absolute Gasteiger partial charge is 0.494 e. The van der Waals surface area contributed by atoms with E-state index in [4.69, 9.17) is 0 Å². The van der Waals surface area contributed by atoms with Gasteiger partial charge in [0.15, 0.2) is 5.88 Å². The molecule has 0 saturated heterocycles. The van der Waals surface area contributed by atoms with Crippen molar-refractivity contribution in [3.05, 3.63) is 23.7 Å². The molecule has 0 atom stereocenters. The fraction of sp³-hybridized carbons (Fsp3) is 0.429. The number of hydrogen-bond donors (Lipinski definition) is 1. The molecule has 50 valence electrons. The molecule has 0 saturated carbocycles. The number of allylic oxidation sites excluding steroid dienone is 1. The van der Waals surface area contributed by atoms with Crippen LogP contribution in [-0.4, -0.2) is 17.1 Å². The molecule has 0 radical (unpaired) electrons. The van der Waals surface area contributed by atoms with Gasteiger partial charge in [0.05, 0.1) is 0 Å². The van der Waals surface area contributed by atoms with Gasteiger partial charge in [0, 0.05) is 19.2 Å². The quantitative estimate of drug-likeness (QED) is 0.531. The van der Waals surface area contributed by atoms with Crippen molar-refractivity contribution in [2.75, 3.05) is 7.05 Å². The van der Waals surface area contributed by atoms with Crippen molar-refractivity contribution in [3.8, 4) is 0 Å². The van der Waals surface area contributed by atoms with Crippen LogP contribution in [0.1, 0.15) is 13.3 Å². The van der Waals surface area contributed by atoms with Gasteiger partial charge in [-0.15, -0.1) is 0 Å². The van der Waals surface area contributed by atoms with E-state index in [9.17, 15) is 5.11 Å². The van der Waals surface area contributed by atoms with Crippen LogP contribution in [0.4, 0.5) is 0 Å². The third-order valence-corrected chi connectivity index (χ3v) is 1.64. The maximum Gasteiger partial charge on any atom is 0.190 e. The molecule has 0 fully saturated rings. The maximum absolute atomic E-state index is 9.18. The lowest BCUT2D eigenvalue weighted by molar-refractivity contribution is 0.280. The molecule has 0 spiro atoms. The average molecular weight is 125 g/mol. The smallest absolute Gasteiger partial charge is 0.190 e. The highest BCUT2D eigenvalue weighted by Gasteiger charge is 2.17. The molecule has 0 bridgehead atoms. The Balaban J connectivity index is 2.87. The third kappa shape index (κ3) is 0.803. The topological polar surface area (TPSA) is 23.5 Å². The predicted octanol–water partition coefficient (Wildman–Crippen LogP) is 1.63. The van der Waals surface area contributed by atoms with Crippen molar-refractivity contribution in [3.63, 3.8) is 0 Å². The first kappa shape index (κ1) is 6.20. The van der Waals surface area contributed by atoms with E-state index in [0.29, 0.717) is 5.88 Å². The monoisotopic (exact) mass is 125 g/mol. The van der Waals surface area contributed by atoms with E-state index in [0.717, 1.165) is 17.7 Å². The van der Waals surface area contributed by atoms with Gasteiger partial charge >= 0.3 is 0 Å². The second kappa shape index (κ2) is 1.79. The Hall–Kier alpha value is -0.920. The van der Waals surface area contributed by atoms with Crippen molar-refractivity contribution < 1.29 is 5.11 Å². The molecule has 2 nitrogen and oxygen atoms in total.